The third-order valence-electron chi connectivity index (χ3n) is 5.86. The molecule has 6 rings (SSSR count). The molecule has 4 heteroatoms. The van der Waals surface area contributed by atoms with Crippen LogP contribution in [0.15, 0.2) is 170 Å². The van der Waals surface area contributed by atoms with E-state index in [1.807, 2.05) is 0 Å². The first-order valence-electron chi connectivity index (χ1n) is 12.1. The van der Waals surface area contributed by atoms with Gasteiger partial charge in [-0.3, -0.25) is 0 Å². The van der Waals surface area contributed by atoms with Crippen molar-refractivity contribution >= 4 is 47.7 Å². The molecule has 0 aliphatic rings. The maximum absolute atomic E-state index is 2.23. The van der Waals surface area contributed by atoms with Gasteiger partial charge in [-0.2, -0.15) is 24.3 Å². The maximum atomic E-state index is 2.23. The van der Waals surface area contributed by atoms with Crippen molar-refractivity contribution in [3.8, 4) is 0 Å². The van der Waals surface area contributed by atoms with Crippen molar-refractivity contribution in [2.45, 2.75) is 0 Å². The van der Waals surface area contributed by atoms with Crippen molar-refractivity contribution in [3.05, 3.63) is 170 Å². The fourth-order valence-corrected chi connectivity index (χ4v) is 8.84. The van der Waals surface area contributed by atoms with Crippen LogP contribution in [0.5, 0.6) is 0 Å². The fraction of sp³-hybridized carbons (Fsp3) is 0. The van der Waals surface area contributed by atoms with Crippen LogP contribution < -0.4 is 31.8 Å². The van der Waals surface area contributed by atoms with E-state index in [1.165, 1.54) is 31.8 Å². The van der Waals surface area contributed by atoms with E-state index < -0.39 is 15.8 Å². The van der Waals surface area contributed by atoms with Crippen LogP contribution in [0.2, 0.25) is 0 Å². The third-order valence-corrected chi connectivity index (χ3v) is 10.8. The summed E-state index contributed by atoms with van der Waals surface area (Å²) in [5, 5.41) is 8.47. The molecule has 0 fully saturated rings. The minimum absolute atomic E-state index is 0. The average molecular weight is 661 g/mol. The third kappa shape index (κ3) is 7.82. The molecule has 0 amide bonds. The predicted octanol–water partition coefficient (Wildman–Crippen LogP) is 6.32. The zero-order valence-corrected chi connectivity index (χ0v) is 25.2. The zero-order valence-electron chi connectivity index (χ0n) is 20.7. The van der Waals surface area contributed by atoms with E-state index in [9.17, 15) is 0 Å². The maximum Gasteiger partial charge on any atom is 2.00 e. The Kier molecular flexibility index (Phi) is 12.6. The second-order valence-corrected chi connectivity index (χ2v) is 12.7. The molecule has 0 nitrogen and oxygen atoms in total. The second kappa shape index (κ2) is 15.9. The van der Waals surface area contributed by atoms with Crippen LogP contribution in [-0.2, 0) is 37.5 Å². The summed E-state index contributed by atoms with van der Waals surface area (Å²) in [6.07, 6.45) is 0. The van der Waals surface area contributed by atoms with E-state index in [1.54, 1.807) is 0 Å². The van der Waals surface area contributed by atoms with Crippen molar-refractivity contribution in [3.63, 3.8) is 0 Å². The van der Waals surface area contributed by atoms with Crippen LogP contribution in [0.1, 0.15) is 0 Å². The minimum atomic E-state index is -0.409. The average Bonchev–Trinajstić information content (AvgIpc) is 3.68. The first-order chi connectivity index (χ1) is 17.9. The van der Waals surface area contributed by atoms with E-state index in [-0.39, 0.29) is 37.5 Å². The number of rotatable bonds is 6. The van der Waals surface area contributed by atoms with Gasteiger partial charge in [-0.1, -0.05) is 137 Å². The Morgan fingerprint density at radius 1 is 0.316 bits per heavy atom. The molecule has 0 unspecified atom stereocenters. The first kappa shape index (κ1) is 30.2. The Labute approximate surface area is 253 Å². The van der Waals surface area contributed by atoms with Crippen LogP contribution in [0, 0.1) is 0 Å². The molecule has 0 aliphatic carbocycles. The normalized spacial score (nSPS) is 10.2. The molecule has 0 saturated heterocycles. The van der Waals surface area contributed by atoms with Gasteiger partial charge in [0.1, 0.15) is 0 Å². The molecule has 0 bridgehead atoms. The smallest absolute Gasteiger partial charge is 0.213 e. The standard InChI is InChI=1S/2C17H14P.Fe.Pd/c2*1-3-9-15(10-4-1)18(17-13-7-8-14-17)16-11-5-2-6-12-16;;/h2*1-14H;;/q2*-1;+2;+1. The van der Waals surface area contributed by atoms with E-state index in [4.69, 9.17) is 0 Å². The summed E-state index contributed by atoms with van der Waals surface area (Å²) >= 11 is 0. The quantitative estimate of drug-likeness (QED) is 0.112. The van der Waals surface area contributed by atoms with E-state index in [2.05, 4.69) is 170 Å². The van der Waals surface area contributed by atoms with Crippen LogP contribution in [0.4, 0.5) is 0 Å². The largest absolute Gasteiger partial charge is 2.00 e. The van der Waals surface area contributed by atoms with E-state index >= 15 is 0 Å². The molecule has 6 aromatic carbocycles. The number of benzene rings is 4. The second-order valence-electron chi connectivity index (χ2n) is 8.30. The molecule has 0 atom stereocenters. The Morgan fingerprint density at radius 2 is 0.526 bits per heavy atom. The van der Waals surface area contributed by atoms with Crippen molar-refractivity contribution in [1.82, 2.24) is 0 Å². The molecule has 6 aromatic rings. The summed E-state index contributed by atoms with van der Waals surface area (Å²) in [6.45, 7) is 0. The zero-order chi connectivity index (χ0) is 24.4. The van der Waals surface area contributed by atoms with Gasteiger partial charge >= 0.3 is 37.5 Å². The molecule has 0 spiro atoms. The summed E-state index contributed by atoms with van der Waals surface area (Å²) in [5.41, 5.74) is 0. The Morgan fingerprint density at radius 3 is 0.737 bits per heavy atom. The van der Waals surface area contributed by atoms with Gasteiger partial charge in [0.05, 0.1) is 0 Å². The predicted molar refractivity (Wildman–Crippen MR) is 161 cm³/mol. The Hall–Kier alpha value is -2.38. The SMILES string of the molecule is [Fe+2].[Pd+].c1ccc(P(c2ccccc2)[c-]2cccc2)cc1.c1ccc(P(c2ccccc2)[c-]2cccc2)cc1. The summed E-state index contributed by atoms with van der Waals surface area (Å²) in [5.74, 6) is 0. The summed E-state index contributed by atoms with van der Waals surface area (Å²) < 4.78 is 0. The molecule has 0 heterocycles. The summed E-state index contributed by atoms with van der Waals surface area (Å²) in [4.78, 5) is 0. The Balaban J connectivity index is 0.000000200. The molecule has 0 aromatic heterocycles. The van der Waals surface area contributed by atoms with Crippen LogP contribution in [-0.4, -0.2) is 0 Å². The molecule has 0 N–H and O–H groups in total. The number of hydrogen-bond acceptors (Lipinski definition) is 0. The van der Waals surface area contributed by atoms with Gasteiger partial charge in [-0.25, -0.2) is 24.3 Å². The Bertz CT molecular complexity index is 1210. The molecule has 0 aliphatic heterocycles. The fourth-order valence-electron chi connectivity index (χ4n) is 4.23. The van der Waals surface area contributed by atoms with Gasteiger partial charge in [0.2, 0.25) is 0 Å². The molecule has 0 saturated carbocycles. The number of hydrogen-bond donors (Lipinski definition) is 0. The summed E-state index contributed by atoms with van der Waals surface area (Å²) in [7, 11) is -0.818. The topological polar surface area (TPSA) is 0 Å². The molecular weight excluding hydrogens is 633 g/mol. The van der Waals surface area contributed by atoms with Gasteiger partial charge in [0.25, 0.3) is 0 Å². The van der Waals surface area contributed by atoms with E-state index in [0.717, 1.165) is 0 Å². The van der Waals surface area contributed by atoms with Gasteiger partial charge in [-0.15, -0.1) is 10.6 Å². The van der Waals surface area contributed by atoms with E-state index in [0.29, 0.717) is 0 Å². The molecule has 1 radical (unpaired) electrons. The molecular formula is C34H28FeP2Pd+. The van der Waals surface area contributed by atoms with Crippen molar-refractivity contribution in [1.29, 1.82) is 0 Å². The molecule has 38 heavy (non-hydrogen) atoms. The van der Waals surface area contributed by atoms with Crippen LogP contribution in [0.3, 0.4) is 0 Å². The summed E-state index contributed by atoms with van der Waals surface area (Å²) in [6, 6.07) is 60.5. The monoisotopic (exact) mass is 660 g/mol. The van der Waals surface area contributed by atoms with Crippen molar-refractivity contribution < 1.29 is 37.5 Å². The first-order valence-corrected chi connectivity index (χ1v) is 14.8. The van der Waals surface area contributed by atoms with Gasteiger partial charge in [-0.05, 0) is 21.2 Å². The van der Waals surface area contributed by atoms with Crippen molar-refractivity contribution in [2.75, 3.05) is 0 Å². The van der Waals surface area contributed by atoms with Gasteiger partial charge in [0, 0.05) is 0 Å². The molecule has 191 valence electrons. The van der Waals surface area contributed by atoms with Crippen LogP contribution in [0.25, 0.3) is 0 Å². The minimum Gasteiger partial charge on any atom is -0.213 e. The van der Waals surface area contributed by atoms with Crippen LogP contribution >= 0.6 is 15.8 Å². The van der Waals surface area contributed by atoms with Gasteiger partial charge in [0.15, 0.2) is 0 Å². The van der Waals surface area contributed by atoms with Crippen molar-refractivity contribution in [2.24, 2.45) is 0 Å². The van der Waals surface area contributed by atoms with Gasteiger partial charge < -0.3 is 0 Å².